The summed E-state index contributed by atoms with van der Waals surface area (Å²) in [6.45, 7) is 2.25. The molecule has 6 heteroatoms. The molecular formula is C22H28N4S2. The van der Waals surface area contributed by atoms with E-state index in [1.165, 1.54) is 83.1 Å². The Labute approximate surface area is 174 Å². The van der Waals surface area contributed by atoms with Crippen molar-refractivity contribution in [2.45, 2.75) is 82.3 Å². The van der Waals surface area contributed by atoms with Crippen molar-refractivity contribution in [1.82, 2.24) is 15.0 Å². The van der Waals surface area contributed by atoms with Gasteiger partial charge in [-0.25, -0.2) is 15.0 Å². The Morgan fingerprint density at radius 3 is 2.64 bits per heavy atom. The molecule has 3 aromatic rings. The van der Waals surface area contributed by atoms with Gasteiger partial charge in [-0.3, -0.25) is 0 Å². The lowest BCUT2D eigenvalue weighted by atomic mass is 9.95. The zero-order valence-electron chi connectivity index (χ0n) is 16.8. The van der Waals surface area contributed by atoms with Crippen LogP contribution in [-0.4, -0.2) is 27.2 Å². The predicted octanol–water partition coefficient (Wildman–Crippen LogP) is 6.15. The van der Waals surface area contributed by atoms with E-state index < -0.39 is 0 Å². The Kier molecular flexibility index (Phi) is 5.18. The topological polar surface area (TPSA) is 50.7 Å². The molecule has 28 heavy (non-hydrogen) atoms. The van der Waals surface area contributed by atoms with Crippen molar-refractivity contribution in [3.63, 3.8) is 0 Å². The molecule has 0 aromatic carbocycles. The smallest absolute Gasteiger partial charge is 0.189 e. The van der Waals surface area contributed by atoms with Crippen LogP contribution in [0.2, 0.25) is 0 Å². The number of anilines is 1. The van der Waals surface area contributed by atoms with Crippen LogP contribution in [0.15, 0.2) is 5.16 Å². The highest BCUT2D eigenvalue weighted by Crippen LogP contribution is 2.42. The Morgan fingerprint density at radius 1 is 1.04 bits per heavy atom. The van der Waals surface area contributed by atoms with E-state index in [2.05, 4.69) is 18.5 Å². The average Bonchev–Trinajstić information content (AvgIpc) is 3.33. The standard InChI is InChI=1S/C22H28N4S2/c1-3-8-16-14-11-7-12-15(14)17-18-19(28-21(17)24-16)20(26-22(25-18)27-2)23-13-9-5-4-6-10-13/h13H,3-12H2,1-2H3,(H,23,25,26). The van der Waals surface area contributed by atoms with E-state index in [4.69, 9.17) is 15.0 Å². The fraction of sp³-hybridized carbons (Fsp3) is 0.591. The number of nitrogens with one attached hydrogen (secondary N) is 1. The molecule has 3 aromatic heterocycles. The van der Waals surface area contributed by atoms with Crippen LogP contribution in [0.5, 0.6) is 0 Å². The number of aryl methyl sites for hydroxylation is 2. The predicted molar refractivity (Wildman–Crippen MR) is 121 cm³/mol. The maximum Gasteiger partial charge on any atom is 0.189 e. The van der Waals surface area contributed by atoms with Gasteiger partial charge in [0.15, 0.2) is 5.16 Å². The number of nitrogens with zero attached hydrogens (tertiary/aromatic N) is 3. The van der Waals surface area contributed by atoms with Gasteiger partial charge in [0.05, 0.1) is 10.2 Å². The summed E-state index contributed by atoms with van der Waals surface area (Å²) < 4.78 is 1.20. The number of hydrogen-bond donors (Lipinski definition) is 1. The molecule has 1 saturated carbocycles. The summed E-state index contributed by atoms with van der Waals surface area (Å²) in [5.41, 5.74) is 5.49. The highest BCUT2D eigenvalue weighted by atomic mass is 32.2. The summed E-state index contributed by atoms with van der Waals surface area (Å²) in [5.74, 6) is 1.04. The van der Waals surface area contributed by atoms with Crippen molar-refractivity contribution in [1.29, 1.82) is 0 Å². The first-order chi connectivity index (χ1) is 13.8. The number of thiophene rings is 1. The molecule has 2 aliphatic rings. The van der Waals surface area contributed by atoms with Crippen molar-refractivity contribution in [2.75, 3.05) is 11.6 Å². The van der Waals surface area contributed by atoms with Gasteiger partial charge in [0.25, 0.3) is 0 Å². The van der Waals surface area contributed by atoms with Gasteiger partial charge < -0.3 is 5.32 Å². The highest BCUT2D eigenvalue weighted by molar-refractivity contribution is 7.98. The maximum atomic E-state index is 5.13. The second kappa shape index (κ2) is 7.79. The first-order valence-electron chi connectivity index (χ1n) is 10.7. The van der Waals surface area contributed by atoms with E-state index in [1.807, 2.05) is 0 Å². The molecule has 5 rings (SSSR count). The highest BCUT2D eigenvalue weighted by Gasteiger charge is 2.25. The molecule has 1 N–H and O–H groups in total. The van der Waals surface area contributed by atoms with Gasteiger partial charge in [-0.2, -0.15) is 0 Å². The minimum atomic E-state index is 0.543. The average molecular weight is 413 g/mol. The third-order valence-corrected chi connectivity index (χ3v) is 7.84. The molecular weight excluding hydrogens is 384 g/mol. The molecule has 0 amide bonds. The first kappa shape index (κ1) is 18.6. The van der Waals surface area contributed by atoms with Crippen LogP contribution in [0.1, 0.15) is 68.7 Å². The fourth-order valence-corrected chi connectivity index (χ4v) is 6.38. The van der Waals surface area contributed by atoms with Crippen LogP contribution >= 0.6 is 23.1 Å². The van der Waals surface area contributed by atoms with E-state index >= 15 is 0 Å². The molecule has 148 valence electrons. The minimum absolute atomic E-state index is 0.543. The molecule has 1 fully saturated rings. The van der Waals surface area contributed by atoms with E-state index in [1.54, 1.807) is 23.1 Å². The summed E-state index contributed by atoms with van der Waals surface area (Å²) in [7, 11) is 0. The van der Waals surface area contributed by atoms with Gasteiger partial charge in [-0.15, -0.1) is 11.3 Å². The van der Waals surface area contributed by atoms with Crippen LogP contribution in [-0.2, 0) is 19.3 Å². The molecule has 0 radical (unpaired) electrons. The molecule has 4 nitrogen and oxygen atoms in total. The number of thioether (sulfide) groups is 1. The third-order valence-electron chi connectivity index (χ3n) is 6.21. The molecule has 3 heterocycles. The lowest BCUT2D eigenvalue weighted by molar-refractivity contribution is 0.462. The maximum absolute atomic E-state index is 5.13. The molecule has 0 spiro atoms. The summed E-state index contributed by atoms with van der Waals surface area (Å²) in [6.07, 6.45) is 14.4. The second-order valence-corrected chi connectivity index (χ2v) is 9.89. The van der Waals surface area contributed by atoms with Crippen LogP contribution in [0.25, 0.3) is 20.4 Å². The fourth-order valence-electron chi connectivity index (χ4n) is 4.90. The van der Waals surface area contributed by atoms with Gasteiger partial charge >= 0.3 is 0 Å². The summed E-state index contributed by atoms with van der Waals surface area (Å²) in [6, 6.07) is 0.543. The summed E-state index contributed by atoms with van der Waals surface area (Å²) in [4.78, 5) is 16.2. The quantitative estimate of drug-likeness (QED) is 0.402. The second-order valence-electron chi connectivity index (χ2n) is 8.12. The number of aromatic nitrogens is 3. The summed E-state index contributed by atoms with van der Waals surface area (Å²) >= 11 is 3.43. The molecule has 2 aliphatic carbocycles. The van der Waals surface area contributed by atoms with E-state index in [9.17, 15) is 0 Å². The number of fused-ring (bicyclic) bond motifs is 5. The molecule has 0 atom stereocenters. The molecule has 0 saturated heterocycles. The van der Waals surface area contributed by atoms with E-state index in [-0.39, 0.29) is 0 Å². The monoisotopic (exact) mass is 412 g/mol. The Hall–Kier alpha value is -1.40. The van der Waals surface area contributed by atoms with Gasteiger partial charge in [-0.1, -0.05) is 44.4 Å². The van der Waals surface area contributed by atoms with Crippen LogP contribution in [0.3, 0.4) is 0 Å². The number of rotatable bonds is 5. The molecule has 0 bridgehead atoms. The van der Waals surface area contributed by atoms with Crippen molar-refractivity contribution in [3.8, 4) is 0 Å². The zero-order valence-corrected chi connectivity index (χ0v) is 18.4. The SMILES string of the molecule is CCCc1nc2sc3c(NC4CCCCC4)nc(SC)nc3c2c2c1CCC2. The molecule has 0 aliphatic heterocycles. The third kappa shape index (κ3) is 3.18. The number of hydrogen-bond acceptors (Lipinski definition) is 6. The van der Waals surface area contributed by atoms with Gasteiger partial charge in [0, 0.05) is 17.1 Å². The van der Waals surface area contributed by atoms with Crippen molar-refractivity contribution >= 4 is 49.3 Å². The largest absolute Gasteiger partial charge is 0.366 e. The lowest BCUT2D eigenvalue weighted by Gasteiger charge is -2.23. The minimum Gasteiger partial charge on any atom is -0.366 e. The normalized spacial score (nSPS) is 17.5. The van der Waals surface area contributed by atoms with Crippen molar-refractivity contribution in [2.24, 2.45) is 0 Å². The van der Waals surface area contributed by atoms with Crippen molar-refractivity contribution < 1.29 is 0 Å². The van der Waals surface area contributed by atoms with E-state index in [0.29, 0.717) is 6.04 Å². The van der Waals surface area contributed by atoms with Gasteiger partial charge in [-0.05, 0) is 55.9 Å². The Balaban J connectivity index is 1.70. The first-order valence-corrected chi connectivity index (χ1v) is 12.8. The molecule has 0 unspecified atom stereocenters. The van der Waals surface area contributed by atoms with Crippen LogP contribution in [0, 0.1) is 0 Å². The number of pyridine rings is 1. The van der Waals surface area contributed by atoms with Crippen molar-refractivity contribution in [3.05, 3.63) is 16.8 Å². The zero-order chi connectivity index (χ0) is 19.1. The Morgan fingerprint density at radius 2 is 1.86 bits per heavy atom. The van der Waals surface area contributed by atoms with Gasteiger partial charge in [0.1, 0.15) is 10.6 Å². The lowest BCUT2D eigenvalue weighted by Crippen LogP contribution is -2.23. The van der Waals surface area contributed by atoms with Gasteiger partial charge in [0.2, 0.25) is 0 Å². The van der Waals surface area contributed by atoms with Crippen LogP contribution in [0.4, 0.5) is 5.82 Å². The summed E-state index contributed by atoms with van der Waals surface area (Å²) in [5, 5.41) is 5.97. The van der Waals surface area contributed by atoms with E-state index in [0.717, 1.165) is 29.3 Å². The Bertz CT molecular complexity index is 1020. The van der Waals surface area contributed by atoms with Crippen LogP contribution < -0.4 is 5.32 Å².